The van der Waals surface area contributed by atoms with Crippen LogP contribution in [0.4, 0.5) is 0 Å². The Morgan fingerprint density at radius 1 is 1.05 bits per heavy atom. The molecular weight excluding hydrogens is 258 g/mol. The largest absolute Gasteiger partial charge is 0.309 e. The molecule has 0 aliphatic carbocycles. The molecule has 1 unspecified atom stereocenters. The highest BCUT2D eigenvalue weighted by atomic mass is 15.1. The standard InChI is InChI=1S/C18H21N3/c1-21(13-12-16-8-4-2-5-9-16)15-18(20,14-19)17-10-6-3-7-11-17/h2-11H,12-13,15,20H2,1H3. The lowest BCUT2D eigenvalue weighted by atomic mass is 9.92. The van der Waals surface area contributed by atoms with Gasteiger partial charge in [-0.05, 0) is 24.6 Å². The van der Waals surface area contributed by atoms with Crippen molar-refractivity contribution in [1.29, 1.82) is 5.26 Å². The van der Waals surface area contributed by atoms with E-state index in [2.05, 4.69) is 23.1 Å². The zero-order valence-corrected chi connectivity index (χ0v) is 12.4. The van der Waals surface area contributed by atoms with Gasteiger partial charge in [0.25, 0.3) is 0 Å². The van der Waals surface area contributed by atoms with Crippen molar-refractivity contribution in [2.45, 2.75) is 12.0 Å². The third-order valence-corrected chi connectivity index (χ3v) is 3.63. The second-order valence-corrected chi connectivity index (χ2v) is 5.42. The first-order chi connectivity index (χ1) is 10.1. The van der Waals surface area contributed by atoms with E-state index >= 15 is 0 Å². The van der Waals surface area contributed by atoms with Crippen molar-refractivity contribution in [3.8, 4) is 6.07 Å². The van der Waals surface area contributed by atoms with Gasteiger partial charge in [-0.15, -0.1) is 0 Å². The molecular formula is C18H21N3. The maximum atomic E-state index is 9.47. The lowest BCUT2D eigenvalue weighted by Gasteiger charge is -2.28. The topological polar surface area (TPSA) is 53.0 Å². The van der Waals surface area contributed by atoms with E-state index in [-0.39, 0.29) is 0 Å². The number of nitrogens with zero attached hydrogens (tertiary/aromatic N) is 2. The monoisotopic (exact) mass is 279 g/mol. The van der Waals surface area contributed by atoms with Gasteiger partial charge >= 0.3 is 0 Å². The lowest BCUT2D eigenvalue weighted by molar-refractivity contribution is 0.284. The van der Waals surface area contributed by atoms with Crippen LogP contribution < -0.4 is 5.73 Å². The normalized spacial score (nSPS) is 13.6. The molecule has 108 valence electrons. The second-order valence-electron chi connectivity index (χ2n) is 5.42. The molecule has 0 saturated heterocycles. The fourth-order valence-corrected chi connectivity index (χ4v) is 2.40. The van der Waals surface area contributed by atoms with E-state index in [1.807, 2.05) is 55.6 Å². The van der Waals surface area contributed by atoms with Crippen molar-refractivity contribution in [3.05, 3.63) is 71.8 Å². The summed E-state index contributed by atoms with van der Waals surface area (Å²) in [7, 11) is 2.00. The summed E-state index contributed by atoms with van der Waals surface area (Å²) < 4.78 is 0. The van der Waals surface area contributed by atoms with Gasteiger partial charge in [-0.3, -0.25) is 0 Å². The molecule has 0 radical (unpaired) electrons. The molecule has 0 fully saturated rings. The molecule has 0 aromatic heterocycles. The number of likely N-dealkylation sites (N-methyl/N-ethyl adjacent to an activating group) is 1. The van der Waals surface area contributed by atoms with Crippen molar-refractivity contribution in [3.63, 3.8) is 0 Å². The molecule has 0 aliphatic heterocycles. The van der Waals surface area contributed by atoms with Crippen LogP contribution in [-0.4, -0.2) is 25.0 Å². The van der Waals surface area contributed by atoms with Crippen LogP contribution in [0.15, 0.2) is 60.7 Å². The second kappa shape index (κ2) is 7.03. The molecule has 2 aromatic carbocycles. The van der Waals surface area contributed by atoms with Gasteiger partial charge in [0.15, 0.2) is 0 Å². The summed E-state index contributed by atoms with van der Waals surface area (Å²) in [5.74, 6) is 0. The van der Waals surface area contributed by atoms with Crippen molar-refractivity contribution < 1.29 is 0 Å². The van der Waals surface area contributed by atoms with E-state index in [0.717, 1.165) is 18.5 Å². The van der Waals surface area contributed by atoms with Gasteiger partial charge in [0.1, 0.15) is 5.54 Å². The van der Waals surface area contributed by atoms with E-state index in [4.69, 9.17) is 5.73 Å². The quantitative estimate of drug-likeness (QED) is 0.884. The molecule has 3 nitrogen and oxygen atoms in total. The number of rotatable bonds is 6. The molecule has 3 heteroatoms. The predicted molar refractivity (Wildman–Crippen MR) is 85.6 cm³/mol. The number of hydrogen-bond donors (Lipinski definition) is 1. The van der Waals surface area contributed by atoms with Gasteiger partial charge in [-0.25, -0.2) is 0 Å². The Hall–Kier alpha value is -2.15. The first-order valence-corrected chi connectivity index (χ1v) is 7.12. The van der Waals surface area contributed by atoms with Crippen molar-refractivity contribution in [1.82, 2.24) is 4.90 Å². The molecule has 2 rings (SSSR count). The molecule has 0 heterocycles. The van der Waals surface area contributed by atoms with Gasteiger partial charge in [-0.2, -0.15) is 5.26 Å². The first kappa shape index (κ1) is 15.2. The van der Waals surface area contributed by atoms with Crippen LogP contribution in [0.2, 0.25) is 0 Å². The highest BCUT2D eigenvalue weighted by molar-refractivity contribution is 5.31. The maximum Gasteiger partial charge on any atom is 0.142 e. The molecule has 2 N–H and O–H groups in total. The fraction of sp³-hybridized carbons (Fsp3) is 0.278. The summed E-state index contributed by atoms with van der Waals surface area (Å²) in [4.78, 5) is 2.11. The van der Waals surface area contributed by atoms with E-state index in [9.17, 15) is 5.26 Å². The zero-order valence-electron chi connectivity index (χ0n) is 12.4. The molecule has 0 saturated carbocycles. The molecule has 0 spiro atoms. The van der Waals surface area contributed by atoms with Gasteiger partial charge in [0, 0.05) is 13.1 Å². The number of benzene rings is 2. The summed E-state index contributed by atoms with van der Waals surface area (Å²) in [6.45, 7) is 1.39. The minimum Gasteiger partial charge on any atom is -0.309 e. The third kappa shape index (κ3) is 4.16. The summed E-state index contributed by atoms with van der Waals surface area (Å²) in [5, 5.41) is 9.47. The molecule has 0 amide bonds. The predicted octanol–water partition coefficient (Wildman–Crippen LogP) is 2.54. The van der Waals surface area contributed by atoms with Gasteiger partial charge in [0.05, 0.1) is 6.07 Å². The minimum absolute atomic E-state index is 0.514. The van der Waals surface area contributed by atoms with Gasteiger partial charge < -0.3 is 10.6 Å². The van der Waals surface area contributed by atoms with Crippen LogP contribution in [0.3, 0.4) is 0 Å². The Morgan fingerprint density at radius 2 is 1.62 bits per heavy atom. The van der Waals surface area contributed by atoms with E-state index in [1.54, 1.807) is 0 Å². The fourth-order valence-electron chi connectivity index (χ4n) is 2.40. The van der Waals surface area contributed by atoms with Crippen LogP contribution in [0.25, 0.3) is 0 Å². The molecule has 21 heavy (non-hydrogen) atoms. The first-order valence-electron chi connectivity index (χ1n) is 7.12. The number of nitrogens with two attached hydrogens (primary N) is 1. The average molecular weight is 279 g/mol. The Morgan fingerprint density at radius 3 is 2.19 bits per heavy atom. The highest BCUT2D eigenvalue weighted by Crippen LogP contribution is 2.18. The number of nitriles is 1. The molecule has 0 aliphatic rings. The molecule has 2 aromatic rings. The zero-order chi connectivity index (χ0) is 15.1. The van der Waals surface area contributed by atoms with Crippen LogP contribution in [-0.2, 0) is 12.0 Å². The Labute approximate surface area is 126 Å². The Balaban J connectivity index is 1.97. The third-order valence-electron chi connectivity index (χ3n) is 3.63. The highest BCUT2D eigenvalue weighted by Gasteiger charge is 2.28. The summed E-state index contributed by atoms with van der Waals surface area (Å²) in [5.41, 5.74) is 7.48. The minimum atomic E-state index is -0.966. The Kier molecular flexibility index (Phi) is 5.10. The summed E-state index contributed by atoms with van der Waals surface area (Å²) in [6.07, 6.45) is 0.952. The smallest absolute Gasteiger partial charge is 0.142 e. The van der Waals surface area contributed by atoms with Gasteiger partial charge in [-0.1, -0.05) is 60.7 Å². The van der Waals surface area contributed by atoms with Gasteiger partial charge in [0.2, 0.25) is 0 Å². The maximum absolute atomic E-state index is 9.47. The van der Waals surface area contributed by atoms with Crippen LogP contribution in [0, 0.1) is 11.3 Å². The van der Waals surface area contributed by atoms with Crippen molar-refractivity contribution in [2.75, 3.05) is 20.1 Å². The molecule has 1 atom stereocenters. The van der Waals surface area contributed by atoms with E-state index in [1.165, 1.54) is 5.56 Å². The summed E-state index contributed by atoms with van der Waals surface area (Å²) >= 11 is 0. The lowest BCUT2D eigenvalue weighted by Crippen LogP contribution is -2.46. The Bertz CT molecular complexity index is 589. The average Bonchev–Trinajstić information content (AvgIpc) is 2.54. The van der Waals surface area contributed by atoms with E-state index < -0.39 is 5.54 Å². The number of hydrogen-bond acceptors (Lipinski definition) is 3. The van der Waals surface area contributed by atoms with Crippen LogP contribution >= 0.6 is 0 Å². The van der Waals surface area contributed by atoms with Crippen molar-refractivity contribution in [2.24, 2.45) is 5.73 Å². The SMILES string of the molecule is CN(CCc1ccccc1)CC(N)(C#N)c1ccccc1. The van der Waals surface area contributed by atoms with E-state index in [0.29, 0.717) is 6.54 Å². The summed E-state index contributed by atoms with van der Waals surface area (Å²) in [6, 6.07) is 22.2. The van der Waals surface area contributed by atoms with Crippen molar-refractivity contribution >= 4 is 0 Å². The molecule has 0 bridgehead atoms. The van der Waals surface area contributed by atoms with Crippen LogP contribution in [0.1, 0.15) is 11.1 Å². The van der Waals surface area contributed by atoms with Crippen LogP contribution in [0.5, 0.6) is 0 Å².